The fraction of sp³-hybridized carbons (Fsp3) is 0.652. The highest BCUT2D eigenvalue weighted by atomic mass is 19.3. The molecular weight excluding hydrogens is 406 g/mol. The zero-order chi connectivity index (χ0) is 22.2. The second-order valence-electron chi connectivity index (χ2n) is 8.43. The largest absolute Gasteiger partial charge is 0.434 e. The van der Waals surface area contributed by atoms with Gasteiger partial charge in [0.2, 0.25) is 5.91 Å². The average molecular weight is 439 g/mol. The molecule has 1 aliphatic carbocycles. The summed E-state index contributed by atoms with van der Waals surface area (Å²) in [4.78, 5) is 27.0. The molecule has 6 nitrogen and oxygen atoms in total. The van der Waals surface area contributed by atoms with Crippen molar-refractivity contribution in [2.24, 2.45) is 11.8 Å². The molecule has 2 fully saturated rings. The SMILES string of the molecule is CC1CCCCC1OCCNC(=O)C1CCCN(C(=O)c2ccccc2OC(F)F)C1. The molecule has 2 aliphatic rings. The minimum absolute atomic E-state index is 0.0823. The third-order valence-corrected chi connectivity index (χ3v) is 6.18. The number of para-hydroxylation sites is 1. The number of ether oxygens (including phenoxy) is 2. The molecule has 2 amide bonds. The van der Waals surface area contributed by atoms with Crippen molar-refractivity contribution in [3.8, 4) is 5.75 Å². The summed E-state index contributed by atoms with van der Waals surface area (Å²) in [6.45, 7) is 0.863. The highest BCUT2D eigenvalue weighted by Gasteiger charge is 2.30. The van der Waals surface area contributed by atoms with E-state index in [0.717, 1.165) is 6.42 Å². The molecule has 0 bridgehead atoms. The number of hydrogen-bond donors (Lipinski definition) is 1. The first-order valence-corrected chi connectivity index (χ1v) is 11.2. The molecule has 1 aromatic carbocycles. The predicted octanol–water partition coefficient (Wildman–Crippen LogP) is 3.85. The lowest BCUT2D eigenvalue weighted by atomic mass is 9.88. The number of hydrogen-bond acceptors (Lipinski definition) is 4. The fourth-order valence-corrected chi connectivity index (χ4v) is 4.45. The molecule has 1 heterocycles. The van der Waals surface area contributed by atoms with Gasteiger partial charge in [-0.3, -0.25) is 9.59 Å². The van der Waals surface area contributed by atoms with Gasteiger partial charge in [0.05, 0.1) is 24.2 Å². The van der Waals surface area contributed by atoms with Crippen LogP contribution in [0.15, 0.2) is 24.3 Å². The topological polar surface area (TPSA) is 67.9 Å². The Balaban J connectivity index is 1.48. The summed E-state index contributed by atoms with van der Waals surface area (Å²) in [6, 6.07) is 5.96. The Morgan fingerprint density at radius 1 is 1.16 bits per heavy atom. The van der Waals surface area contributed by atoms with Crippen molar-refractivity contribution in [3.05, 3.63) is 29.8 Å². The van der Waals surface area contributed by atoms with E-state index in [-0.39, 0.29) is 35.8 Å². The number of amides is 2. The van der Waals surface area contributed by atoms with E-state index < -0.39 is 12.5 Å². The molecule has 8 heteroatoms. The van der Waals surface area contributed by atoms with Gasteiger partial charge in [0.1, 0.15) is 5.75 Å². The van der Waals surface area contributed by atoms with Gasteiger partial charge in [-0.25, -0.2) is 0 Å². The first-order valence-electron chi connectivity index (χ1n) is 11.2. The quantitative estimate of drug-likeness (QED) is 0.626. The van der Waals surface area contributed by atoms with Crippen LogP contribution in [0.5, 0.6) is 5.75 Å². The number of nitrogens with zero attached hydrogens (tertiary/aromatic N) is 1. The van der Waals surface area contributed by atoms with Crippen LogP contribution in [0.25, 0.3) is 0 Å². The fourth-order valence-electron chi connectivity index (χ4n) is 4.45. The maximum Gasteiger partial charge on any atom is 0.387 e. The highest BCUT2D eigenvalue weighted by molar-refractivity contribution is 5.97. The number of likely N-dealkylation sites (tertiary alicyclic amines) is 1. The molecule has 1 aliphatic heterocycles. The molecule has 1 saturated heterocycles. The molecule has 3 unspecified atom stereocenters. The van der Waals surface area contributed by atoms with Gasteiger partial charge in [0.25, 0.3) is 5.91 Å². The Bertz CT molecular complexity index is 746. The highest BCUT2D eigenvalue weighted by Crippen LogP contribution is 2.27. The number of carbonyl (C=O) groups is 2. The van der Waals surface area contributed by atoms with Crippen LogP contribution in [0.3, 0.4) is 0 Å². The molecule has 0 aromatic heterocycles. The summed E-state index contributed by atoms with van der Waals surface area (Å²) >= 11 is 0. The van der Waals surface area contributed by atoms with Crippen LogP contribution in [0, 0.1) is 11.8 Å². The van der Waals surface area contributed by atoms with Crippen LogP contribution >= 0.6 is 0 Å². The molecule has 31 heavy (non-hydrogen) atoms. The minimum Gasteiger partial charge on any atom is -0.434 e. The van der Waals surface area contributed by atoms with Gasteiger partial charge < -0.3 is 19.7 Å². The van der Waals surface area contributed by atoms with Crippen LogP contribution < -0.4 is 10.1 Å². The van der Waals surface area contributed by atoms with E-state index >= 15 is 0 Å². The molecular formula is C23H32F2N2O4. The van der Waals surface area contributed by atoms with Crippen molar-refractivity contribution in [2.75, 3.05) is 26.2 Å². The molecule has 1 N–H and O–H groups in total. The zero-order valence-electron chi connectivity index (χ0n) is 18.0. The second-order valence-corrected chi connectivity index (χ2v) is 8.43. The lowest BCUT2D eigenvalue weighted by Crippen LogP contribution is -2.46. The Morgan fingerprint density at radius 3 is 2.71 bits per heavy atom. The number of carbonyl (C=O) groups excluding carboxylic acids is 2. The van der Waals surface area contributed by atoms with Crippen molar-refractivity contribution in [2.45, 2.75) is 58.2 Å². The lowest BCUT2D eigenvalue weighted by Gasteiger charge is -2.32. The van der Waals surface area contributed by atoms with E-state index in [0.29, 0.717) is 38.5 Å². The molecule has 172 valence electrons. The normalized spacial score (nSPS) is 24.1. The summed E-state index contributed by atoms with van der Waals surface area (Å²) in [6.07, 6.45) is 6.35. The predicted molar refractivity (Wildman–Crippen MR) is 112 cm³/mol. The number of benzene rings is 1. The van der Waals surface area contributed by atoms with Gasteiger partial charge in [0.15, 0.2) is 0 Å². The molecule has 1 aromatic rings. The van der Waals surface area contributed by atoms with Gasteiger partial charge >= 0.3 is 6.61 Å². The third kappa shape index (κ3) is 6.63. The first kappa shape index (κ1) is 23.4. The zero-order valence-corrected chi connectivity index (χ0v) is 18.0. The minimum atomic E-state index is -3.01. The maximum absolute atomic E-state index is 12.9. The molecule has 3 rings (SSSR count). The van der Waals surface area contributed by atoms with Crippen LogP contribution in [0.2, 0.25) is 0 Å². The number of halogens is 2. The van der Waals surface area contributed by atoms with Gasteiger partial charge in [-0.1, -0.05) is 31.9 Å². The van der Waals surface area contributed by atoms with Crippen molar-refractivity contribution in [1.29, 1.82) is 0 Å². The summed E-state index contributed by atoms with van der Waals surface area (Å²) in [7, 11) is 0. The Labute approximate surface area is 182 Å². The molecule has 0 spiro atoms. The Kier molecular flexibility index (Phi) is 8.63. The van der Waals surface area contributed by atoms with Crippen molar-refractivity contribution >= 4 is 11.8 Å². The van der Waals surface area contributed by atoms with E-state index in [1.165, 1.54) is 37.5 Å². The Hall–Kier alpha value is -2.22. The third-order valence-electron chi connectivity index (χ3n) is 6.18. The number of alkyl halides is 2. The van der Waals surface area contributed by atoms with E-state index in [1.807, 2.05) is 0 Å². The van der Waals surface area contributed by atoms with E-state index in [2.05, 4.69) is 17.0 Å². The van der Waals surface area contributed by atoms with Gasteiger partial charge in [-0.15, -0.1) is 0 Å². The number of piperidine rings is 1. The molecule has 3 atom stereocenters. The standard InChI is InChI=1S/C23H32F2N2O4/c1-16-7-2-4-10-19(16)30-14-12-26-21(28)17-8-6-13-27(15-17)22(29)18-9-3-5-11-20(18)31-23(24)25/h3,5,9,11,16-17,19,23H,2,4,6-8,10,12-15H2,1H3,(H,26,28). The van der Waals surface area contributed by atoms with E-state index in [1.54, 1.807) is 11.0 Å². The number of nitrogens with one attached hydrogen (secondary N) is 1. The second kappa shape index (κ2) is 11.4. The summed E-state index contributed by atoms with van der Waals surface area (Å²) in [5.41, 5.74) is 0.0823. The monoisotopic (exact) mass is 438 g/mol. The van der Waals surface area contributed by atoms with Crippen LogP contribution in [0.1, 0.15) is 55.8 Å². The van der Waals surface area contributed by atoms with Crippen LogP contribution in [-0.4, -0.2) is 55.7 Å². The van der Waals surface area contributed by atoms with Crippen molar-refractivity contribution < 1.29 is 27.8 Å². The molecule has 0 radical (unpaired) electrons. The first-order chi connectivity index (χ1) is 15.0. The summed E-state index contributed by atoms with van der Waals surface area (Å²) < 4.78 is 35.7. The van der Waals surface area contributed by atoms with Gasteiger partial charge in [-0.2, -0.15) is 8.78 Å². The molecule has 1 saturated carbocycles. The van der Waals surface area contributed by atoms with Crippen LogP contribution in [0.4, 0.5) is 8.78 Å². The smallest absolute Gasteiger partial charge is 0.387 e. The lowest BCUT2D eigenvalue weighted by molar-refractivity contribution is -0.126. The van der Waals surface area contributed by atoms with Crippen molar-refractivity contribution in [1.82, 2.24) is 10.2 Å². The van der Waals surface area contributed by atoms with Gasteiger partial charge in [0, 0.05) is 19.6 Å². The summed E-state index contributed by atoms with van der Waals surface area (Å²) in [5, 5.41) is 2.92. The van der Waals surface area contributed by atoms with Crippen LogP contribution in [-0.2, 0) is 9.53 Å². The summed E-state index contributed by atoms with van der Waals surface area (Å²) in [5.74, 6) is -0.421. The Morgan fingerprint density at radius 2 is 1.94 bits per heavy atom. The van der Waals surface area contributed by atoms with Crippen molar-refractivity contribution in [3.63, 3.8) is 0 Å². The maximum atomic E-state index is 12.9. The van der Waals surface area contributed by atoms with E-state index in [9.17, 15) is 18.4 Å². The van der Waals surface area contributed by atoms with Gasteiger partial charge in [-0.05, 0) is 43.7 Å². The average Bonchev–Trinajstić information content (AvgIpc) is 2.77. The number of rotatable bonds is 8. The van der Waals surface area contributed by atoms with E-state index in [4.69, 9.17) is 4.74 Å².